The van der Waals surface area contributed by atoms with Crippen LogP contribution < -0.4 is 5.32 Å². The van der Waals surface area contributed by atoms with Crippen molar-refractivity contribution in [3.05, 3.63) is 29.3 Å². The lowest BCUT2D eigenvalue weighted by Gasteiger charge is -2.10. The molecule has 0 saturated carbocycles. The number of carbonyl (C=O) groups is 2. The Morgan fingerprint density at radius 1 is 1.29 bits per heavy atom. The van der Waals surface area contributed by atoms with E-state index in [2.05, 4.69) is 5.32 Å². The molecule has 0 aromatic heterocycles. The van der Waals surface area contributed by atoms with Crippen molar-refractivity contribution in [1.82, 2.24) is 0 Å². The van der Waals surface area contributed by atoms with Gasteiger partial charge >= 0.3 is 5.97 Å². The average molecular weight is 235 g/mol. The monoisotopic (exact) mass is 235 g/mol. The molecule has 4 heteroatoms. The standard InChI is InChI=1S/C13H17NO3/c1-4-13(16)17-8-12(15)14-11-7-5-6-9(2)10(11)3/h5-7H,4,8H2,1-3H3,(H,14,15). The second kappa shape index (κ2) is 6.03. The Bertz CT molecular complexity index is 427. The van der Waals surface area contributed by atoms with Gasteiger partial charge in [0, 0.05) is 12.1 Å². The molecule has 0 unspecified atom stereocenters. The highest BCUT2D eigenvalue weighted by atomic mass is 16.5. The van der Waals surface area contributed by atoms with E-state index < -0.39 is 0 Å². The van der Waals surface area contributed by atoms with Gasteiger partial charge < -0.3 is 10.1 Å². The summed E-state index contributed by atoms with van der Waals surface area (Å²) in [7, 11) is 0. The number of rotatable bonds is 4. The molecule has 1 aromatic rings. The largest absolute Gasteiger partial charge is 0.456 e. The Morgan fingerprint density at radius 3 is 2.65 bits per heavy atom. The van der Waals surface area contributed by atoms with E-state index in [-0.39, 0.29) is 24.9 Å². The molecule has 1 N–H and O–H groups in total. The molecule has 0 heterocycles. The number of hydrogen-bond donors (Lipinski definition) is 1. The van der Waals surface area contributed by atoms with Crippen LogP contribution in [-0.4, -0.2) is 18.5 Å². The molecule has 4 nitrogen and oxygen atoms in total. The zero-order valence-corrected chi connectivity index (χ0v) is 10.4. The lowest BCUT2D eigenvalue weighted by Crippen LogP contribution is -2.21. The molecule has 1 rings (SSSR count). The summed E-state index contributed by atoms with van der Waals surface area (Å²) in [5.41, 5.74) is 2.87. The highest BCUT2D eigenvalue weighted by Gasteiger charge is 2.08. The first-order valence-electron chi connectivity index (χ1n) is 5.56. The summed E-state index contributed by atoms with van der Waals surface area (Å²) in [4.78, 5) is 22.4. The second-order valence-electron chi connectivity index (χ2n) is 3.81. The third kappa shape index (κ3) is 3.90. The number of anilines is 1. The zero-order valence-electron chi connectivity index (χ0n) is 10.4. The Labute approximate surface area is 101 Å². The summed E-state index contributed by atoms with van der Waals surface area (Å²) < 4.78 is 4.74. The van der Waals surface area contributed by atoms with E-state index in [4.69, 9.17) is 4.74 Å². The van der Waals surface area contributed by atoms with Crippen LogP contribution in [0.25, 0.3) is 0 Å². The number of ether oxygens (including phenoxy) is 1. The Kier molecular flexibility index (Phi) is 4.69. The van der Waals surface area contributed by atoms with Gasteiger partial charge in [-0.3, -0.25) is 9.59 Å². The van der Waals surface area contributed by atoms with Crippen molar-refractivity contribution in [1.29, 1.82) is 0 Å². The van der Waals surface area contributed by atoms with Crippen LogP contribution in [0.4, 0.5) is 5.69 Å². The van der Waals surface area contributed by atoms with Gasteiger partial charge in [0.25, 0.3) is 5.91 Å². The number of esters is 1. The first-order chi connectivity index (χ1) is 8.04. The van der Waals surface area contributed by atoms with Crippen LogP contribution in [-0.2, 0) is 14.3 Å². The highest BCUT2D eigenvalue weighted by Crippen LogP contribution is 2.17. The second-order valence-corrected chi connectivity index (χ2v) is 3.81. The van der Waals surface area contributed by atoms with Crippen molar-refractivity contribution < 1.29 is 14.3 Å². The number of nitrogens with one attached hydrogen (secondary N) is 1. The minimum Gasteiger partial charge on any atom is -0.456 e. The number of amides is 1. The smallest absolute Gasteiger partial charge is 0.306 e. The van der Waals surface area contributed by atoms with E-state index in [1.807, 2.05) is 32.0 Å². The minimum atomic E-state index is -0.374. The maximum atomic E-state index is 11.5. The predicted molar refractivity (Wildman–Crippen MR) is 65.8 cm³/mol. The van der Waals surface area contributed by atoms with Crippen LogP contribution in [0.5, 0.6) is 0 Å². The van der Waals surface area contributed by atoms with E-state index in [0.29, 0.717) is 0 Å². The fourth-order valence-corrected chi connectivity index (χ4v) is 1.32. The molecular weight excluding hydrogens is 218 g/mol. The summed E-state index contributed by atoms with van der Waals surface area (Å²) in [6.07, 6.45) is 0.275. The topological polar surface area (TPSA) is 55.4 Å². The third-order valence-electron chi connectivity index (χ3n) is 2.53. The van der Waals surface area contributed by atoms with Gasteiger partial charge in [-0.1, -0.05) is 19.1 Å². The van der Waals surface area contributed by atoms with E-state index >= 15 is 0 Å². The van der Waals surface area contributed by atoms with Crippen LogP contribution in [0, 0.1) is 13.8 Å². The molecule has 0 saturated heterocycles. The predicted octanol–water partition coefficient (Wildman–Crippen LogP) is 2.20. The van der Waals surface area contributed by atoms with Gasteiger partial charge in [-0.05, 0) is 31.0 Å². The summed E-state index contributed by atoms with van der Waals surface area (Å²) in [6.45, 7) is 5.36. The van der Waals surface area contributed by atoms with Crippen LogP contribution in [0.1, 0.15) is 24.5 Å². The molecule has 0 fully saturated rings. The van der Waals surface area contributed by atoms with Gasteiger partial charge in [-0.2, -0.15) is 0 Å². The molecule has 0 bridgehead atoms. The Balaban J connectivity index is 2.56. The number of carbonyl (C=O) groups excluding carboxylic acids is 2. The van der Waals surface area contributed by atoms with Gasteiger partial charge in [-0.15, -0.1) is 0 Å². The van der Waals surface area contributed by atoms with Crippen LogP contribution in [0.3, 0.4) is 0 Å². The van der Waals surface area contributed by atoms with Crippen LogP contribution >= 0.6 is 0 Å². The van der Waals surface area contributed by atoms with Crippen LogP contribution in [0.15, 0.2) is 18.2 Å². The Hall–Kier alpha value is -1.84. The fraction of sp³-hybridized carbons (Fsp3) is 0.385. The van der Waals surface area contributed by atoms with Crippen molar-refractivity contribution in [2.24, 2.45) is 0 Å². The van der Waals surface area contributed by atoms with E-state index in [1.165, 1.54) is 0 Å². The molecular formula is C13H17NO3. The van der Waals surface area contributed by atoms with Crippen molar-refractivity contribution in [2.45, 2.75) is 27.2 Å². The molecule has 92 valence electrons. The SMILES string of the molecule is CCC(=O)OCC(=O)Nc1cccc(C)c1C. The van der Waals surface area contributed by atoms with Gasteiger partial charge in [0.1, 0.15) is 0 Å². The van der Waals surface area contributed by atoms with Gasteiger partial charge in [0.05, 0.1) is 0 Å². The summed E-state index contributed by atoms with van der Waals surface area (Å²) >= 11 is 0. The normalized spacial score (nSPS) is 9.82. The van der Waals surface area contributed by atoms with Gasteiger partial charge in [0.15, 0.2) is 6.61 Å². The number of hydrogen-bond acceptors (Lipinski definition) is 3. The molecule has 0 aliphatic carbocycles. The molecule has 0 radical (unpaired) electrons. The van der Waals surface area contributed by atoms with Crippen LogP contribution in [0.2, 0.25) is 0 Å². The lowest BCUT2D eigenvalue weighted by atomic mass is 10.1. The zero-order chi connectivity index (χ0) is 12.8. The summed E-state index contributed by atoms with van der Waals surface area (Å²) in [6, 6.07) is 5.67. The van der Waals surface area contributed by atoms with Crippen molar-refractivity contribution in [3.63, 3.8) is 0 Å². The van der Waals surface area contributed by atoms with Gasteiger partial charge in [0.2, 0.25) is 0 Å². The molecule has 0 spiro atoms. The molecule has 1 aromatic carbocycles. The van der Waals surface area contributed by atoms with Crippen molar-refractivity contribution in [3.8, 4) is 0 Å². The van der Waals surface area contributed by atoms with E-state index in [0.717, 1.165) is 16.8 Å². The quantitative estimate of drug-likeness (QED) is 0.814. The number of aryl methyl sites for hydroxylation is 1. The fourth-order valence-electron chi connectivity index (χ4n) is 1.32. The molecule has 1 amide bonds. The van der Waals surface area contributed by atoms with Crippen molar-refractivity contribution >= 4 is 17.6 Å². The third-order valence-corrected chi connectivity index (χ3v) is 2.53. The maximum Gasteiger partial charge on any atom is 0.306 e. The number of benzene rings is 1. The molecule has 0 aliphatic heterocycles. The summed E-state index contributed by atoms with van der Waals surface area (Å²) in [5.74, 6) is -0.693. The molecule has 0 aliphatic rings. The minimum absolute atomic E-state index is 0.236. The maximum absolute atomic E-state index is 11.5. The Morgan fingerprint density at radius 2 is 2.00 bits per heavy atom. The van der Waals surface area contributed by atoms with E-state index in [1.54, 1.807) is 6.92 Å². The first-order valence-corrected chi connectivity index (χ1v) is 5.56. The van der Waals surface area contributed by atoms with Gasteiger partial charge in [-0.25, -0.2) is 0 Å². The lowest BCUT2D eigenvalue weighted by molar-refractivity contribution is -0.146. The highest BCUT2D eigenvalue weighted by molar-refractivity contribution is 5.93. The first kappa shape index (κ1) is 13.2. The summed E-state index contributed by atoms with van der Waals surface area (Å²) in [5, 5.41) is 2.71. The molecule has 0 atom stereocenters. The van der Waals surface area contributed by atoms with Crippen molar-refractivity contribution in [2.75, 3.05) is 11.9 Å². The molecule has 17 heavy (non-hydrogen) atoms. The van der Waals surface area contributed by atoms with E-state index in [9.17, 15) is 9.59 Å². The average Bonchev–Trinajstić information content (AvgIpc) is 2.32.